The van der Waals surface area contributed by atoms with Gasteiger partial charge in [-0.1, -0.05) is 48.5 Å². The number of aliphatic hydroxyl groups excluding tert-OH is 1. The maximum absolute atomic E-state index is 13.3. The lowest BCUT2D eigenvalue weighted by molar-refractivity contribution is -0.125. The first kappa shape index (κ1) is 14.5. The van der Waals surface area contributed by atoms with Crippen LogP contribution in [0.2, 0.25) is 0 Å². The Kier molecular flexibility index (Phi) is 3.28. The van der Waals surface area contributed by atoms with Gasteiger partial charge in [-0.3, -0.25) is 9.59 Å². The molecular formula is C18H15NO3S. The molecule has 2 fully saturated rings. The van der Waals surface area contributed by atoms with Crippen LogP contribution in [-0.2, 0) is 15.0 Å². The van der Waals surface area contributed by atoms with Crippen molar-refractivity contribution in [2.45, 2.75) is 16.8 Å². The minimum Gasteiger partial charge on any atom is -0.391 e. The Morgan fingerprint density at radius 2 is 1.61 bits per heavy atom. The molecule has 116 valence electrons. The van der Waals surface area contributed by atoms with Crippen LogP contribution >= 0.6 is 11.8 Å². The van der Waals surface area contributed by atoms with Crippen LogP contribution in [0.3, 0.4) is 0 Å². The molecule has 2 aromatic carbocycles. The molecule has 2 amide bonds. The lowest BCUT2D eigenvalue weighted by Crippen LogP contribution is -2.48. The zero-order chi connectivity index (χ0) is 16.0. The van der Waals surface area contributed by atoms with Gasteiger partial charge >= 0.3 is 0 Å². The third kappa shape index (κ3) is 1.84. The third-order valence-electron chi connectivity index (χ3n) is 4.63. The first-order chi connectivity index (χ1) is 11.2. The van der Waals surface area contributed by atoms with Crippen LogP contribution in [0.15, 0.2) is 60.7 Å². The average Bonchev–Trinajstić information content (AvgIpc) is 3.05. The Morgan fingerprint density at radius 3 is 2.26 bits per heavy atom. The van der Waals surface area contributed by atoms with Gasteiger partial charge in [0.15, 0.2) is 0 Å². The van der Waals surface area contributed by atoms with Gasteiger partial charge in [0.1, 0.15) is 10.7 Å². The summed E-state index contributed by atoms with van der Waals surface area (Å²) in [7, 11) is 0. The van der Waals surface area contributed by atoms with Crippen molar-refractivity contribution in [3.63, 3.8) is 0 Å². The van der Waals surface area contributed by atoms with Gasteiger partial charge in [0.25, 0.3) is 0 Å². The summed E-state index contributed by atoms with van der Waals surface area (Å²) >= 11 is 1.36. The topological polar surface area (TPSA) is 57.6 Å². The van der Waals surface area contributed by atoms with Crippen molar-refractivity contribution in [2.75, 3.05) is 10.7 Å². The number of fused-ring (bicyclic) bond motifs is 1. The van der Waals surface area contributed by atoms with E-state index in [2.05, 4.69) is 0 Å². The maximum atomic E-state index is 13.3. The number of aliphatic hydroxyl groups is 1. The number of thioether (sulfide) groups is 1. The molecule has 0 aromatic heterocycles. The summed E-state index contributed by atoms with van der Waals surface area (Å²) in [5.41, 5.74) is 0.0815. The van der Waals surface area contributed by atoms with Gasteiger partial charge in [0.05, 0.1) is 11.8 Å². The van der Waals surface area contributed by atoms with Crippen LogP contribution in [0.4, 0.5) is 5.69 Å². The Bertz CT molecular complexity index is 764. The van der Waals surface area contributed by atoms with E-state index in [1.165, 1.54) is 16.7 Å². The molecule has 4 rings (SSSR count). The van der Waals surface area contributed by atoms with E-state index in [0.29, 0.717) is 17.0 Å². The molecule has 4 nitrogen and oxygen atoms in total. The molecule has 2 heterocycles. The predicted octanol–water partition coefficient (Wildman–Crippen LogP) is 1.97. The zero-order valence-corrected chi connectivity index (χ0v) is 13.1. The molecule has 2 aliphatic heterocycles. The van der Waals surface area contributed by atoms with E-state index in [0.717, 1.165) is 0 Å². The Labute approximate surface area is 138 Å². The van der Waals surface area contributed by atoms with E-state index < -0.39 is 16.8 Å². The molecule has 3 atom stereocenters. The number of hydrogen-bond donors (Lipinski definition) is 1. The lowest BCUT2D eigenvalue weighted by Gasteiger charge is -2.29. The highest BCUT2D eigenvalue weighted by Gasteiger charge is 2.67. The van der Waals surface area contributed by atoms with Crippen LogP contribution in [0.25, 0.3) is 0 Å². The normalized spacial score (nSPS) is 29.9. The van der Waals surface area contributed by atoms with E-state index in [4.69, 9.17) is 0 Å². The molecule has 0 spiro atoms. The largest absolute Gasteiger partial charge is 0.391 e. The molecule has 1 N–H and O–H groups in total. The summed E-state index contributed by atoms with van der Waals surface area (Å²) in [6.45, 7) is 0. The van der Waals surface area contributed by atoms with E-state index in [1.54, 1.807) is 24.3 Å². The summed E-state index contributed by atoms with van der Waals surface area (Å²) in [6.07, 6.45) is -0.870. The first-order valence-electron chi connectivity index (χ1n) is 7.46. The molecule has 2 aliphatic rings. The molecule has 0 radical (unpaired) electrons. The quantitative estimate of drug-likeness (QED) is 0.858. The number of amides is 2. The van der Waals surface area contributed by atoms with E-state index in [1.807, 2.05) is 36.4 Å². The van der Waals surface area contributed by atoms with Crippen LogP contribution in [0.1, 0.15) is 5.56 Å². The number of para-hydroxylation sites is 1. The predicted molar refractivity (Wildman–Crippen MR) is 89.3 cm³/mol. The number of carbonyl (C=O) groups is 2. The van der Waals surface area contributed by atoms with Crippen LogP contribution < -0.4 is 4.90 Å². The number of hydrogen-bond acceptors (Lipinski definition) is 4. The van der Waals surface area contributed by atoms with Crippen molar-refractivity contribution >= 4 is 29.3 Å². The highest BCUT2D eigenvalue weighted by molar-refractivity contribution is 8.01. The van der Waals surface area contributed by atoms with Gasteiger partial charge < -0.3 is 5.11 Å². The summed E-state index contributed by atoms with van der Waals surface area (Å²) in [5.74, 6) is -0.186. The second-order valence-electron chi connectivity index (χ2n) is 5.78. The van der Waals surface area contributed by atoms with Crippen LogP contribution in [0, 0.1) is 0 Å². The number of benzene rings is 2. The molecule has 2 aromatic rings. The molecule has 23 heavy (non-hydrogen) atoms. The van der Waals surface area contributed by atoms with Gasteiger partial charge in [-0.25, -0.2) is 4.90 Å². The molecule has 2 saturated heterocycles. The smallest absolute Gasteiger partial charge is 0.248 e. The second kappa shape index (κ2) is 5.22. The monoisotopic (exact) mass is 325 g/mol. The summed E-state index contributed by atoms with van der Waals surface area (Å²) < 4.78 is 0. The SMILES string of the molecule is O=C1[C@@H]2SC[C@H](O)[C@]2(c2ccccc2)C(=O)N1c1ccccc1. The number of anilines is 1. The van der Waals surface area contributed by atoms with Crippen molar-refractivity contribution in [1.82, 2.24) is 0 Å². The van der Waals surface area contributed by atoms with Crippen molar-refractivity contribution < 1.29 is 14.7 Å². The van der Waals surface area contributed by atoms with Crippen molar-refractivity contribution in [3.05, 3.63) is 66.2 Å². The average molecular weight is 325 g/mol. The van der Waals surface area contributed by atoms with Gasteiger partial charge in [0, 0.05) is 5.75 Å². The fourth-order valence-electron chi connectivity index (χ4n) is 3.55. The second-order valence-corrected chi connectivity index (χ2v) is 6.92. The van der Waals surface area contributed by atoms with Gasteiger partial charge in [-0.15, -0.1) is 11.8 Å². The maximum Gasteiger partial charge on any atom is 0.248 e. The van der Waals surface area contributed by atoms with E-state index in [9.17, 15) is 14.7 Å². The van der Waals surface area contributed by atoms with Crippen molar-refractivity contribution in [1.29, 1.82) is 0 Å². The van der Waals surface area contributed by atoms with Crippen LogP contribution in [0.5, 0.6) is 0 Å². The van der Waals surface area contributed by atoms with Gasteiger partial charge in [-0.2, -0.15) is 0 Å². The lowest BCUT2D eigenvalue weighted by atomic mass is 9.74. The standard InChI is InChI=1S/C18H15NO3S/c20-14-11-23-15-16(21)19(13-9-5-2-6-10-13)17(22)18(14,15)12-7-3-1-4-8-12/h1-10,14-15,20H,11H2/t14-,15-,18-/m0/s1. The fraction of sp³-hybridized carbons (Fsp3) is 0.222. The molecular weight excluding hydrogens is 310 g/mol. The Hall–Kier alpha value is -2.11. The van der Waals surface area contributed by atoms with Gasteiger partial charge in [0.2, 0.25) is 11.8 Å². The van der Waals surface area contributed by atoms with Crippen molar-refractivity contribution in [3.8, 4) is 0 Å². The highest BCUT2D eigenvalue weighted by atomic mass is 32.2. The molecule has 0 unspecified atom stereocenters. The summed E-state index contributed by atoms with van der Waals surface area (Å²) in [6, 6.07) is 18.1. The minimum absolute atomic E-state index is 0.244. The minimum atomic E-state index is -1.18. The van der Waals surface area contributed by atoms with Crippen molar-refractivity contribution in [2.24, 2.45) is 0 Å². The zero-order valence-electron chi connectivity index (χ0n) is 12.3. The summed E-state index contributed by atoms with van der Waals surface area (Å²) in [5, 5.41) is 10.1. The fourth-order valence-corrected chi connectivity index (χ4v) is 5.09. The highest BCUT2D eigenvalue weighted by Crippen LogP contribution is 2.52. The molecule has 5 heteroatoms. The number of imide groups is 1. The number of rotatable bonds is 2. The number of carbonyl (C=O) groups excluding carboxylic acids is 2. The third-order valence-corrected chi connectivity index (χ3v) is 6.04. The van der Waals surface area contributed by atoms with E-state index >= 15 is 0 Å². The van der Waals surface area contributed by atoms with Gasteiger partial charge in [-0.05, 0) is 17.7 Å². The molecule has 0 bridgehead atoms. The number of nitrogens with zero attached hydrogens (tertiary/aromatic N) is 1. The van der Waals surface area contributed by atoms with Crippen LogP contribution in [-0.4, -0.2) is 34.0 Å². The molecule has 0 saturated carbocycles. The first-order valence-corrected chi connectivity index (χ1v) is 8.51. The Balaban J connectivity index is 1.90. The molecule has 0 aliphatic carbocycles. The van der Waals surface area contributed by atoms with E-state index in [-0.39, 0.29) is 11.8 Å². The summed E-state index contributed by atoms with van der Waals surface area (Å²) in [4.78, 5) is 27.4. The Morgan fingerprint density at radius 1 is 1.00 bits per heavy atom.